The second-order valence-corrected chi connectivity index (χ2v) is 4.38. The van der Waals surface area contributed by atoms with Crippen molar-refractivity contribution in [2.75, 3.05) is 0 Å². The molecule has 0 amide bonds. The summed E-state index contributed by atoms with van der Waals surface area (Å²) in [4.78, 5) is -0.327. The fourth-order valence-electron chi connectivity index (χ4n) is 1.53. The van der Waals surface area contributed by atoms with E-state index >= 15 is 0 Å². The molecule has 1 aromatic carbocycles. The summed E-state index contributed by atoms with van der Waals surface area (Å²) in [5, 5.41) is 0. The van der Waals surface area contributed by atoms with Crippen molar-refractivity contribution in [3.05, 3.63) is 59.1 Å². The van der Waals surface area contributed by atoms with E-state index in [4.69, 9.17) is 4.42 Å². The average Bonchev–Trinajstić information content (AvgIpc) is 2.63. The van der Waals surface area contributed by atoms with Crippen LogP contribution in [0.15, 0.2) is 34.9 Å². The Kier molecular flexibility index (Phi) is 3.10. The van der Waals surface area contributed by atoms with Gasteiger partial charge in [0.25, 0.3) is 0 Å². The zero-order chi connectivity index (χ0) is 11.7. The Bertz CT molecular complexity index is 507. The summed E-state index contributed by atoms with van der Waals surface area (Å²) in [6.45, 7) is 1.80. The normalized spacial score (nSPS) is 12.8. The topological polar surface area (TPSA) is 13.1 Å². The smallest absolute Gasteiger partial charge is 0.130 e. The molecule has 0 N–H and O–H groups in total. The first kappa shape index (κ1) is 11.3. The lowest BCUT2D eigenvalue weighted by atomic mass is 10.1. The quantitative estimate of drug-likeness (QED) is 0.748. The van der Waals surface area contributed by atoms with Gasteiger partial charge < -0.3 is 4.42 Å². The molecular formula is C12H9BrF2O. The van der Waals surface area contributed by atoms with E-state index in [1.54, 1.807) is 19.3 Å². The standard InChI is InChI=1S/C12H9BrF2O/c1-7-9(4-5-16-7)12(13)10-3-2-8(14)6-11(10)15/h2-6,12H,1H3. The van der Waals surface area contributed by atoms with Crippen LogP contribution in [0.1, 0.15) is 21.7 Å². The summed E-state index contributed by atoms with van der Waals surface area (Å²) in [6, 6.07) is 5.30. The average molecular weight is 287 g/mol. The van der Waals surface area contributed by atoms with Gasteiger partial charge in [-0.3, -0.25) is 0 Å². The van der Waals surface area contributed by atoms with Crippen molar-refractivity contribution in [3.63, 3.8) is 0 Å². The predicted molar refractivity (Wildman–Crippen MR) is 60.6 cm³/mol. The molecule has 0 fully saturated rings. The zero-order valence-corrected chi connectivity index (χ0v) is 10.1. The van der Waals surface area contributed by atoms with Gasteiger partial charge in [0.1, 0.15) is 17.4 Å². The minimum atomic E-state index is -0.579. The van der Waals surface area contributed by atoms with Gasteiger partial charge in [0.2, 0.25) is 0 Å². The van der Waals surface area contributed by atoms with Crippen LogP contribution in [0, 0.1) is 18.6 Å². The molecule has 0 aliphatic carbocycles. The molecule has 1 unspecified atom stereocenters. The summed E-state index contributed by atoms with van der Waals surface area (Å²) in [6.07, 6.45) is 1.54. The number of alkyl halides is 1. The number of aryl methyl sites for hydroxylation is 1. The summed E-state index contributed by atoms with van der Waals surface area (Å²) < 4.78 is 31.4. The maximum Gasteiger partial charge on any atom is 0.130 e. The minimum Gasteiger partial charge on any atom is -0.469 e. The Hall–Kier alpha value is -1.16. The molecule has 1 atom stereocenters. The number of hydrogen-bond donors (Lipinski definition) is 0. The van der Waals surface area contributed by atoms with Gasteiger partial charge in [0.15, 0.2) is 0 Å². The molecule has 2 rings (SSSR count). The highest BCUT2D eigenvalue weighted by Gasteiger charge is 2.18. The molecule has 0 radical (unpaired) electrons. The third kappa shape index (κ3) is 2.02. The van der Waals surface area contributed by atoms with Crippen LogP contribution in [0.25, 0.3) is 0 Å². The molecule has 0 saturated heterocycles. The molecule has 0 bridgehead atoms. The molecular weight excluding hydrogens is 278 g/mol. The highest BCUT2D eigenvalue weighted by molar-refractivity contribution is 9.09. The van der Waals surface area contributed by atoms with E-state index in [1.807, 2.05) is 0 Å². The first-order valence-electron chi connectivity index (χ1n) is 4.72. The monoisotopic (exact) mass is 286 g/mol. The molecule has 1 heterocycles. The third-order valence-electron chi connectivity index (χ3n) is 2.41. The fourth-order valence-corrected chi connectivity index (χ4v) is 2.38. The molecule has 1 nitrogen and oxygen atoms in total. The Morgan fingerprint density at radius 2 is 1.94 bits per heavy atom. The van der Waals surface area contributed by atoms with Gasteiger partial charge in [-0.05, 0) is 19.1 Å². The molecule has 0 aliphatic heterocycles. The van der Waals surface area contributed by atoms with Gasteiger partial charge in [-0.1, -0.05) is 22.0 Å². The summed E-state index contributed by atoms with van der Waals surface area (Å²) >= 11 is 3.38. The lowest BCUT2D eigenvalue weighted by Gasteiger charge is -2.10. The van der Waals surface area contributed by atoms with Crippen LogP contribution < -0.4 is 0 Å². The van der Waals surface area contributed by atoms with Crippen molar-refractivity contribution >= 4 is 15.9 Å². The van der Waals surface area contributed by atoms with Crippen molar-refractivity contribution in [3.8, 4) is 0 Å². The molecule has 16 heavy (non-hydrogen) atoms. The van der Waals surface area contributed by atoms with Crippen molar-refractivity contribution in [1.29, 1.82) is 0 Å². The van der Waals surface area contributed by atoms with E-state index in [2.05, 4.69) is 15.9 Å². The number of furan rings is 1. The minimum absolute atomic E-state index is 0.327. The maximum absolute atomic E-state index is 13.5. The van der Waals surface area contributed by atoms with Crippen molar-refractivity contribution in [2.24, 2.45) is 0 Å². The van der Waals surface area contributed by atoms with Gasteiger partial charge in [-0.15, -0.1) is 0 Å². The molecule has 0 spiro atoms. The third-order valence-corrected chi connectivity index (χ3v) is 3.39. The largest absolute Gasteiger partial charge is 0.469 e. The van der Waals surface area contributed by atoms with Gasteiger partial charge in [0.05, 0.1) is 11.1 Å². The Balaban J connectivity index is 2.41. The summed E-state index contributed by atoms with van der Waals surface area (Å²) in [5.74, 6) is -0.432. The van der Waals surface area contributed by atoms with Crippen molar-refractivity contribution < 1.29 is 13.2 Å². The zero-order valence-electron chi connectivity index (χ0n) is 8.51. The van der Waals surface area contributed by atoms with Crippen LogP contribution in [0.4, 0.5) is 8.78 Å². The van der Waals surface area contributed by atoms with E-state index in [-0.39, 0.29) is 4.83 Å². The second-order valence-electron chi connectivity index (χ2n) is 3.46. The molecule has 4 heteroatoms. The highest BCUT2D eigenvalue weighted by Crippen LogP contribution is 2.34. The van der Waals surface area contributed by atoms with Crippen LogP contribution in [0.2, 0.25) is 0 Å². The fraction of sp³-hybridized carbons (Fsp3) is 0.167. The molecule has 0 aliphatic rings. The van der Waals surface area contributed by atoms with E-state index < -0.39 is 11.6 Å². The van der Waals surface area contributed by atoms with E-state index in [9.17, 15) is 8.78 Å². The van der Waals surface area contributed by atoms with Crippen LogP contribution in [0.5, 0.6) is 0 Å². The lowest BCUT2D eigenvalue weighted by Crippen LogP contribution is -1.97. The highest BCUT2D eigenvalue weighted by atomic mass is 79.9. The number of hydrogen-bond acceptors (Lipinski definition) is 1. The van der Waals surface area contributed by atoms with Gasteiger partial charge >= 0.3 is 0 Å². The first-order valence-corrected chi connectivity index (χ1v) is 5.64. The molecule has 84 valence electrons. The molecule has 1 aromatic heterocycles. The predicted octanol–water partition coefficient (Wildman–Crippen LogP) is 4.35. The lowest BCUT2D eigenvalue weighted by molar-refractivity contribution is 0.529. The molecule has 2 aromatic rings. The van der Waals surface area contributed by atoms with Crippen LogP contribution in [-0.2, 0) is 0 Å². The Morgan fingerprint density at radius 3 is 2.50 bits per heavy atom. The van der Waals surface area contributed by atoms with Gasteiger partial charge in [-0.2, -0.15) is 0 Å². The van der Waals surface area contributed by atoms with E-state index in [0.29, 0.717) is 11.3 Å². The maximum atomic E-state index is 13.5. The number of halogens is 3. The second kappa shape index (κ2) is 4.37. The first-order chi connectivity index (χ1) is 7.59. The summed E-state index contributed by atoms with van der Waals surface area (Å²) in [5.41, 5.74) is 1.23. The van der Waals surface area contributed by atoms with Crippen LogP contribution >= 0.6 is 15.9 Å². The van der Waals surface area contributed by atoms with Crippen molar-refractivity contribution in [1.82, 2.24) is 0 Å². The number of rotatable bonds is 2. The number of benzene rings is 1. The van der Waals surface area contributed by atoms with E-state index in [1.165, 1.54) is 12.1 Å². The Labute approximate surface area is 100 Å². The van der Waals surface area contributed by atoms with Gasteiger partial charge in [-0.25, -0.2) is 8.78 Å². The molecule has 0 saturated carbocycles. The van der Waals surface area contributed by atoms with Gasteiger partial charge in [0, 0.05) is 17.2 Å². The van der Waals surface area contributed by atoms with Crippen molar-refractivity contribution in [2.45, 2.75) is 11.8 Å². The SMILES string of the molecule is Cc1occc1C(Br)c1ccc(F)cc1F. The van der Waals surface area contributed by atoms with E-state index in [0.717, 1.165) is 11.6 Å². The summed E-state index contributed by atoms with van der Waals surface area (Å²) in [7, 11) is 0. The van der Waals surface area contributed by atoms with Crippen LogP contribution in [0.3, 0.4) is 0 Å². The Morgan fingerprint density at radius 1 is 1.19 bits per heavy atom. The van der Waals surface area contributed by atoms with Crippen LogP contribution in [-0.4, -0.2) is 0 Å².